The summed E-state index contributed by atoms with van der Waals surface area (Å²) < 4.78 is 6.62. The number of nitrogens with one attached hydrogen (secondary N) is 1. The van der Waals surface area contributed by atoms with Gasteiger partial charge in [-0.1, -0.05) is 20.8 Å². The summed E-state index contributed by atoms with van der Waals surface area (Å²) in [6.07, 6.45) is 5.24. The maximum Gasteiger partial charge on any atom is 0.134 e. The molecule has 2 nitrogen and oxygen atoms in total. The van der Waals surface area contributed by atoms with E-state index in [9.17, 15) is 0 Å². The van der Waals surface area contributed by atoms with E-state index < -0.39 is 0 Å². The summed E-state index contributed by atoms with van der Waals surface area (Å²) in [4.78, 5) is 0. The quantitative estimate of drug-likeness (QED) is 0.798. The predicted molar refractivity (Wildman–Crippen MR) is 71.5 cm³/mol. The maximum atomic E-state index is 5.55. The minimum absolute atomic E-state index is 0.340. The molecule has 0 aliphatic heterocycles. The first-order chi connectivity index (χ1) is 7.65. The highest BCUT2D eigenvalue weighted by atomic mass is 79.9. The van der Waals surface area contributed by atoms with Gasteiger partial charge in [0.05, 0.1) is 16.8 Å². The Morgan fingerprint density at radius 1 is 1.38 bits per heavy atom. The average molecular weight is 288 g/mol. The Labute approximate surface area is 107 Å². The van der Waals surface area contributed by atoms with Gasteiger partial charge in [0.25, 0.3) is 0 Å². The van der Waals surface area contributed by atoms with Gasteiger partial charge >= 0.3 is 0 Å². The van der Waals surface area contributed by atoms with Crippen molar-refractivity contribution in [2.75, 3.05) is 6.54 Å². The molecule has 0 aliphatic rings. The van der Waals surface area contributed by atoms with Crippen LogP contribution in [0.25, 0.3) is 0 Å². The van der Waals surface area contributed by atoms with Crippen molar-refractivity contribution >= 4 is 15.9 Å². The van der Waals surface area contributed by atoms with Gasteiger partial charge in [0.1, 0.15) is 5.76 Å². The van der Waals surface area contributed by atoms with E-state index in [1.54, 1.807) is 6.26 Å². The number of furan rings is 1. The Bertz CT molecular complexity index is 296. The Morgan fingerprint density at radius 3 is 2.62 bits per heavy atom. The fourth-order valence-corrected chi connectivity index (χ4v) is 2.18. The molecule has 0 saturated heterocycles. The van der Waals surface area contributed by atoms with Crippen LogP contribution >= 0.6 is 15.9 Å². The lowest BCUT2D eigenvalue weighted by molar-refractivity contribution is 0.370. The van der Waals surface area contributed by atoms with E-state index in [4.69, 9.17) is 4.42 Å². The summed E-state index contributed by atoms with van der Waals surface area (Å²) in [5.41, 5.74) is 0. The van der Waals surface area contributed by atoms with Gasteiger partial charge in [-0.05, 0) is 53.7 Å². The second-order valence-corrected chi connectivity index (χ2v) is 5.47. The fraction of sp³-hybridized carbons (Fsp3) is 0.692. The summed E-state index contributed by atoms with van der Waals surface area (Å²) in [6.45, 7) is 7.74. The SMILES string of the molecule is CCCNC(CCC(C)C)c1occc1Br. The summed E-state index contributed by atoms with van der Waals surface area (Å²) >= 11 is 3.53. The molecule has 0 saturated carbocycles. The van der Waals surface area contributed by atoms with Gasteiger partial charge in [-0.25, -0.2) is 0 Å². The van der Waals surface area contributed by atoms with Crippen molar-refractivity contribution in [1.29, 1.82) is 0 Å². The highest BCUT2D eigenvalue weighted by molar-refractivity contribution is 9.10. The molecule has 0 spiro atoms. The van der Waals surface area contributed by atoms with Gasteiger partial charge in [0.15, 0.2) is 0 Å². The minimum Gasteiger partial charge on any atom is -0.466 e. The molecule has 3 heteroatoms. The number of halogens is 1. The van der Waals surface area contributed by atoms with E-state index >= 15 is 0 Å². The van der Waals surface area contributed by atoms with Crippen LogP contribution < -0.4 is 5.32 Å². The number of hydrogen-bond acceptors (Lipinski definition) is 2. The maximum absolute atomic E-state index is 5.55. The molecule has 1 aromatic rings. The predicted octanol–water partition coefficient (Wildman–Crippen LogP) is 4.52. The van der Waals surface area contributed by atoms with Crippen LogP contribution in [0.1, 0.15) is 51.8 Å². The van der Waals surface area contributed by atoms with E-state index in [1.165, 1.54) is 6.42 Å². The Kier molecular flexibility index (Phi) is 6.14. The van der Waals surface area contributed by atoms with Crippen molar-refractivity contribution in [2.45, 2.75) is 46.1 Å². The minimum atomic E-state index is 0.340. The molecule has 1 aromatic heterocycles. The molecule has 0 radical (unpaired) electrons. The van der Waals surface area contributed by atoms with E-state index in [2.05, 4.69) is 42.0 Å². The summed E-state index contributed by atoms with van der Waals surface area (Å²) in [7, 11) is 0. The molecule has 0 aliphatic carbocycles. The standard InChI is InChI=1S/C13H22BrNO/c1-4-8-15-12(6-5-10(2)3)13-11(14)7-9-16-13/h7,9-10,12,15H,4-6,8H2,1-3H3. The van der Waals surface area contributed by atoms with Gasteiger partial charge in [-0.15, -0.1) is 0 Å². The smallest absolute Gasteiger partial charge is 0.134 e. The van der Waals surface area contributed by atoms with Crippen LogP contribution in [0.3, 0.4) is 0 Å². The topological polar surface area (TPSA) is 25.2 Å². The van der Waals surface area contributed by atoms with Gasteiger partial charge in [0.2, 0.25) is 0 Å². The van der Waals surface area contributed by atoms with Crippen LogP contribution in [0.5, 0.6) is 0 Å². The second-order valence-electron chi connectivity index (χ2n) is 4.61. The fourth-order valence-electron chi connectivity index (χ4n) is 1.70. The highest BCUT2D eigenvalue weighted by Gasteiger charge is 2.17. The zero-order valence-electron chi connectivity index (χ0n) is 10.4. The normalized spacial score (nSPS) is 13.3. The monoisotopic (exact) mass is 287 g/mol. The first-order valence-corrected chi connectivity index (χ1v) is 6.90. The highest BCUT2D eigenvalue weighted by Crippen LogP contribution is 2.28. The molecule has 16 heavy (non-hydrogen) atoms. The third-order valence-electron chi connectivity index (χ3n) is 2.63. The van der Waals surface area contributed by atoms with Crippen molar-refractivity contribution in [3.8, 4) is 0 Å². The molecule has 1 heterocycles. The van der Waals surface area contributed by atoms with Crippen LogP contribution in [0.2, 0.25) is 0 Å². The van der Waals surface area contributed by atoms with Crippen molar-refractivity contribution in [2.24, 2.45) is 5.92 Å². The van der Waals surface area contributed by atoms with Crippen LogP contribution in [-0.2, 0) is 0 Å². The molecular weight excluding hydrogens is 266 g/mol. The first-order valence-electron chi connectivity index (χ1n) is 6.11. The lowest BCUT2D eigenvalue weighted by Gasteiger charge is -2.17. The lowest BCUT2D eigenvalue weighted by atomic mass is 10.0. The van der Waals surface area contributed by atoms with Gasteiger partial charge in [-0.3, -0.25) is 0 Å². The lowest BCUT2D eigenvalue weighted by Crippen LogP contribution is -2.22. The Hall–Kier alpha value is -0.280. The molecule has 0 amide bonds. The summed E-state index contributed by atoms with van der Waals surface area (Å²) in [5, 5.41) is 3.54. The van der Waals surface area contributed by atoms with Gasteiger partial charge < -0.3 is 9.73 Å². The molecule has 0 fully saturated rings. The Balaban J connectivity index is 2.60. The van der Waals surface area contributed by atoms with E-state index in [0.29, 0.717) is 6.04 Å². The largest absolute Gasteiger partial charge is 0.466 e. The van der Waals surface area contributed by atoms with Crippen molar-refractivity contribution in [3.05, 3.63) is 22.6 Å². The zero-order chi connectivity index (χ0) is 12.0. The van der Waals surface area contributed by atoms with E-state index in [-0.39, 0.29) is 0 Å². The third-order valence-corrected chi connectivity index (χ3v) is 3.29. The number of rotatable bonds is 7. The van der Waals surface area contributed by atoms with Crippen LogP contribution in [0.4, 0.5) is 0 Å². The molecule has 1 unspecified atom stereocenters. The Morgan fingerprint density at radius 2 is 2.12 bits per heavy atom. The molecule has 1 atom stereocenters. The number of hydrogen-bond donors (Lipinski definition) is 1. The molecule has 0 bridgehead atoms. The van der Waals surface area contributed by atoms with Crippen molar-refractivity contribution in [3.63, 3.8) is 0 Å². The molecule has 92 valence electrons. The summed E-state index contributed by atoms with van der Waals surface area (Å²) in [6, 6.07) is 2.30. The molecule has 1 N–H and O–H groups in total. The van der Waals surface area contributed by atoms with Gasteiger partial charge in [-0.2, -0.15) is 0 Å². The van der Waals surface area contributed by atoms with Gasteiger partial charge in [0, 0.05) is 0 Å². The molecule has 1 rings (SSSR count). The van der Waals surface area contributed by atoms with E-state index in [1.807, 2.05) is 6.07 Å². The third kappa shape index (κ3) is 4.30. The van der Waals surface area contributed by atoms with Crippen LogP contribution in [-0.4, -0.2) is 6.54 Å². The van der Waals surface area contributed by atoms with Crippen molar-refractivity contribution in [1.82, 2.24) is 5.32 Å². The van der Waals surface area contributed by atoms with E-state index in [0.717, 1.165) is 35.5 Å². The zero-order valence-corrected chi connectivity index (χ0v) is 12.0. The molecule has 0 aromatic carbocycles. The summed E-state index contributed by atoms with van der Waals surface area (Å²) in [5.74, 6) is 1.77. The molecular formula is C13H22BrNO. The first kappa shape index (κ1) is 13.8. The van der Waals surface area contributed by atoms with Crippen LogP contribution in [0.15, 0.2) is 21.2 Å². The van der Waals surface area contributed by atoms with Crippen molar-refractivity contribution < 1.29 is 4.42 Å². The second kappa shape index (κ2) is 7.13. The van der Waals surface area contributed by atoms with Crippen LogP contribution in [0, 0.1) is 5.92 Å². The average Bonchev–Trinajstić information content (AvgIpc) is 2.65.